The Morgan fingerprint density at radius 2 is 2.00 bits per heavy atom. The molecule has 20 heavy (non-hydrogen) atoms. The van der Waals surface area contributed by atoms with Gasteiger partial charge in [0.2, 0.25) is 5.91 Å². The first-order chi connectivity index (χ1) is 9.61. The smallest absolute Gasteiger partial charge is 0.315 e. The Labute approximate surface area is 118 Å². The number of carboxylic acids is 1. The van der Waals surface area contributed by atoms with Gasteiger partial charge in [-0.3, -0.25) is 14.6 Å². The van der Waals surface area contributed by atoms with Gasteiger partial charge < -0.3 is 10.0 Å². The Kier molecular flexibility index (Phi) is 4.71. The van der Waals surface area contributed by atoms with Gasteiger partial charge in [-0.15, -0.1) is 0 Å². The first-order valence-electron chi connectivity index (χ1n) is 7.04. The second kappa shape index (κ2) is 6.50. The summed E-state index contributed by atoms with van der Waals surface area (Å²) in [7, 11) is 0. The van der Waals surface area contributed by atoms with Crippen LogP contribution < -0.4 is 0 Å². The molecule has 1 amide bonds. The van der Waals surface area contributed by atoms with Crippen LogP contribution in [0.2, 0.25) is 0 Å². The second-order valence-electron chi connectivity index (χ2n) is 5.24. The molecule has 1 aromatic heterocycles. The Morgan fingerprint density at radius 3 is 2.65 bits per heavy atom. The number of pyridine rings is 1. The molecule has 0 saturated carbocycles. The van der Waals surface area contributed by atoms with Gasteiger partial charge in [0.1, 0.15) is 5.92 Å². The van der Waals surface area contributed by atoms with Crippen molar-refractivity contribution >= 4 is 11.9 Å². The normalized spacial score (nSPS) is 21.1. The van der Waals surface area contributed by atoms with E-state index in [1.807, 2.05) is 12.1 Å². The van der Waals surface area contributed by atoms with Crippen LogP contribution in [0.4, 0.5) is 0 Å². The molecule has 2 rings (SSSR count). The minimum Gasteiger partial charge on any atom is -0.481 e. The summed E-state index contributed by atoms with van der Waals surface area (Å²) in [4.78, 5) is 29.2. The lowest BCUT2D eigenvalue weighted by Crippen LogP contribution is -2.40. The fraction of sp³-hybridized carbons (Fsp3) is 0.533. The summed E-state index contributed by atoms with van der Waals surface area (Å²) in [6.07, 6.45) is 7.36. The van der Waals surface area contributed by atoms with Crippen LogP contribution in [0.15, 0.2) is 24.5 Å². The van der Waals surface area contributed by atoms with Gasteiger partial charge in [0.05, 0.1) is 6.04 Å². The van der Waals surface area contributed by atoms with Crippen LogP contribution in [-0.4, -0.2) is 33.4 Å². The maximum absolute atomic E-state index is 12.4. The van der Waals surface area contributed by atoms with E-state index in [1.54, 1.807) is 17.3 Å². The van der Waals surface area contributed by atoms with Crippen LogP contribution in [0, 0.1) is 5.92 Å². The molecule has 1 N–H and O–H groups in total. The Morgan fingerprint density at radius 1 is 1.30 bits per heavy atom. The summed E-state index contributed by atoms with van der Waals surface area (Å²) < 4.78 is 0. The first kappa shape index (κ1) is 14.5. The van der Waals surface area contributed by atoms with Crippen molar-refractivity contribution < 1.29 is 14.7 Å². The van der Waals surface area contributed by atoms with E-state index in [0.29, 0.717) is 6.54 Å². The molecule has 2 atom stereocenters. The van der Waals surface area contributed by atoms with Crippen LogP contribution in [0.1, 0.15) is 44.2 Å². The van der Waals surface area contributed by atoms with E-state index in [-0.39, 0.29) is 11.9 Å². The summed E-state index contributed by atoms with van der Waals surface area (Å²) in [5, 5.41) is 9.05. The summed E-state index contributed by atoms with van der Waals surface area (Å²) >= 11 is 0. The molecule has 2 unspecified atom stereocenters. The van der Waals surface area contributed by atoms with Crippen LogP contribution in [-0.2, 0) is 9.59 Å². The second-order valence-corrected chi connectivity index (χ2v) is 5.24. The molecule has 2 heterocycles. The fourth-order valence-electron chi connectivity index (χ4n) is 2.66. The molecule has 1 fully saturated rings. The summed E-state index contributed by atoms with van der Waals surface area (Å²) in [6.45, 7) is 2.09. The predicted molar refractivity (Wildman–Crippen MR) is 74.0 cm³/mol. The molecule has 5 heteroatoms. The highest BCUT2D eigenvalue weighted by atomic mass is 16.4. The van der Waals surface area contributed by atoms with Crippen LogP contribution in [0.25, 0.3) is 0 Å². The SMILES string of the molecule is CC(C(=O)O)C(=O)N1CCCCCC1c1ccncc1. The lowest BCUT2D eigenvalue weighted by molar-refractivity contribution is -0.151. The zero-order valence-corrected chi connectivity index (χ0v) is 11.7. The predicted octanol–water partition coefficient (Wildman–Crippen LogP) is 2.25. The van der Waals surface area contributed by atoms with Crippen molar-refractivity contribution in [3.63, 3.8) is 0 Å². The number of rotatable bonds is 3. The number of hydrogen-bond acceptors (Lipinski definition) is 3. The Hall–Kier alpha value is -1.91. The van der Waals surface area contributed by atoms with Crippen LogP contribution in [0.3, 0.4) is 0 Å². The number of carbonyl (C=O) groups is 2. The van der Waals surface area contributed by atoms with Crippen LogP contribution in [0.5, 0.6) is 0 Å². The average Bonchev–Trinajstić information content (AvgIpc) is 2.72. The lowest BCUT2D eigenvalue weighted by atomic mass is 10.0. The number of aliphatic carboxylic acids is 1. The van der Waals surface area contributed by atoms with Gasteiger partial charge in [-0.25, -0.2) is 0 Å². The maximum Gasteiger partial charge on any atom is 0.315 e. The topological polar surface area (TPSA) is 70.5 Å². The van der Waals surface area contributed by atoms with Crippen molar-refractivity contribution in [2.45, 2.75) is 38.6 Å². The minimum absolute atomic E-state index is 0.0326. The molecule has 1 aliphatic rings. The van der Waals surface area contributed by atoms with E-state index in [2.05, 4.69) is 4.98 Å². The molecule has 108 valence electrons. The highest BCUT2D eigenvalue weighted by molar-refractivity contribution is 5.96. The molecule has 0 aliphatic carbocycles. The highest BCUT2D eigenvalue weighted by Crippen LogP contribution is 2.30. The molecule has 0 aromatic carbocycles. The Bertz CT molecular complexity index is 475. The number of likely N-dealkylation sites (tertiary alicyclic amines) is 1. The highest BCUT2D eigenvalue weighted by Gasteiger charge is 2.32. The molecule has 1 aromatic rings. The van der Waals surface area contributed by atoms with Gasteiger partial charge in [0.25, 0.3) is 0 Å². The number of amides is 1. The number of aromatic nitrogens is 1. The van der Waals surface area contributed by atoms with Gasteiger partial charge in [-0.05, 0) is 37.5 Å². The summed E-state index contributed by atoms with van der Waals surface area (Å²) in [5.74, 6) is -2.34. The Balaban J connectivity index is 2.26. The molecule has 0 bridgehead atoms. The molecule has 1 saturated heterocycles. The standard InChI is InChI=1S/C15H20N2O3/c1-11(15(19)20)14(18)17-10-4-2-3-5-13(17)12-6-8-16-9-7-12/h6-9,11,13H,2-5,10H2,1H3,(H,19,20). The van der Waals surface area contributed by atoms with Crippen molar-refractivity contribution in [3.05, 3.63) is 30.1 Å². The third-order valence-electron chi connectivity index (χ3n) is 3.87. The minimum atomic E-state index is -1.06. The average molecular weight is 276 g/mol. The molecule has 0 radical (unpaired) electrons. The third kappa shape index (κ3) is 3.15. The van der Waals surface area contributed by atoms with Gasteiger partial charge in [-0.1, -0.05) is 12.8 Å². The van der Waals surface area contributed by atoms with E-state index in [9.17, 15) is 9.59 Å². The van der Waals surface area contributed by atoms with E-state index in [1.165, 1.54) is 6.92 Å². The van der Waals surface area contributed by atoms with Crippen molar-refractivity contribution in [3.8, 4) is 0 Å². The van der Waals surface area contributed by atoms with Crippen molar-refractivity contribution in [2.24, 2.45) is 5.92 Å². The molecular weight excluding hydrogens is 256 g/mol. The van der Waals surface area contributed by atoms with Crippen LogP contribution >= 0.6 is 0 Å². The first-order valence-corrected chi connectivity index (χ1v) is 7.04. The largest absolute Gasteiger partial charge is 0.481 e. The monoisotopic (exact) mass is 276 g/mol. The van der Waals surface area contributed by atoms with Crippen molar-refractivity contribution in [1.29, 1.82) is 0 Å². The van der Waals surface area contributed by atoms with E-state index >= 15 is 0 Å². The van der Waals surface area contributed by atoms with Gasteiger partial charge in [0.15, 0.2) is 0 Å². The molecule has 0 spiro atoms. The molecule has 5 nitrogen and oxygen atoms in total. The number of carboxylic acid groups (broad SMARTS) is 1. The quantitative estimate of drug-likeness (QED) is 0.859. The number of nitrogens with zero attached hydrogens (tertiary/aromatic N) is 2. The third-order valence-corrected chi connectivity index (χ3v) is 3.87. The zero-order chi connectivity index (χ0) is 14.5. The summed E-state index contributed by atoms with van der Waals surface area (Å²) in [5.41, 5.74) is 1.04. The van der Waals surface area contributed by atoms with Crippen molar-refractivity contribution in [1.82, 2.24) is 9.88 Å². The van der Waals surface area contributed by atoms with Crippen molar-refractivity contribution in [2.75, 3.05) is 6.54 Å². The zero-order valence-electron chi connectivity index (χ0n) is 11.7. The molecular formula is C15H20N2O3. The van der Waals surface area contributed by atoms with E-state index < -0.39 is 11.9 Å². The summed E-state index contributed by atoms with van der Waals surface area (Å²) in [6, 6.07) is 3.78. The molecule has 1 aliphatic heterocycles. The van der Waals surface area contributed by atoms with Gasteiger partial charge in [-0.2, -0.15) is 0 Å². The maximum atomic E-state index is 12.4. The van der Waals surface area contributed by atoms with Gasteiger partial charge >= 0.3 is 5.97 Å². The van der Waals surface area contributed by atoms with E-state index in [0.717, 1.165) is 31.2 Å². The van der Waals surface area contributed by atoms with E-state index in [4.69, 9.17) is 5.11 Å². The van der Waals surface area contributed by atoms with Gasteiger partial charge in [0, 0.05) is 18.9 Å². The fourth-order valence-corrected chi connectivity index (χ4v) is 2.66. The number of carbonyl (C=O) groups excluding carboxylic acids is 1. The number of hydrogen-bond donors (Lipinski definition) is 1. The lowest BCUT2D eigenvalue weighted by Gasteiger charge is -2.31.